The molecule has 0 aliphatic heterocycles. The number of ether oxygens (including phenoxy) is 2. The van der Waals surface area contributed by atoms with Crippen LogP contribution in [0.15, 0.2) is 6.07 Å². The summed E-state index contributed by atoms with van der Waals surface area (Å²) in [5.74, 6) is 7.47. The number of hydrogen-bond acceptors (Lipinski definition) is 7. The van der Waals surface area contributed by atoms with Crippen LogP contribution in [0.1, 0.15) is 26.6 Å². The molecule has 7 nitrogen and oxygen atoms in total. The van der Waals surface area contributed by atoms with E-state index < -0.39 is 0 Å². The molecular weight excluding hydrogens is 258 g/mol. The topological polar surface area (TPSA) is 85.5 Å². The first-order valence-electron chi connectivity index (χ1n) is 6.80. The normalized spacial score (nSPS) is 10.9. The molecule has 0 aromatic carbocycles. The van der Waals surface area contributed by atoms with Crippen LogP contribution in [0.5, 0.6) is 0 Å². The maximum absolute atomic E-state index is 5.47. The minimum atomic E-state index is 0.297. The summed E-state index contributed by atoms with van der Waals surface area (Å²) in [7, 11) is 1.69. The Labute approximate surface area is 120 Å². The van der Waals surface area contributed by atoms with Gasteiger partial charge in [-0.25, -0.2) is 15.8 Å². The first-order chi connectivity index (χ1) is 9.62. The van der Waals surface area contributed by atoms with Gasteiger partial charge in [-0.3, -0.25) is 0 Å². The molecule has 0 spiro atoms. The zero-order chi connectivity index (χ0) is 15.0. The van der Waals surface area contributed by atoms with Gasteiger partial charge in [-0.05, 0) is 20.8 Å². The van der Waals surface area contributed by atoms with Crippen molar-refractivity contribution in [2.75, 3.05) is 37.2 Å². The standard InChI is InChI=1S/C13H25N5O2/c1-5-20-9-12-15-11(17-14)8-13(16-12)18(10(2)3)6-7-19-4/h8,10H,5-7,9,14H2,1-4H3,(H,15,16,17). The third kappa shape index (κ3) is 4.92. The van der Waals surface area contributed by atoms with E-state index in [0.29, 0.717) is 37.5 Å². The van der Waals surface area contributed by atoms with E-state index in [1.807, 2.05) is 13.0 Å². The highest BCUT2D eigenvalue weighted by molar-refractivity contribution is 5.49. The highest BCUT2D eigenvalue weighted by atomic mass is 16.5. The molecule has 0 atom stereocenters. The number of hydrazine groups is 1. The van der Waals surface area contributed by atoms with Crippen LogP contribution in [-0.4, -0.2) is 42.9 Å². The molecular formula is C13H25N5O2. The summed E-state index contributed by atoms with van der Waals surface area (Å²) in [6.45, 7) is 8.53. The molecule has 1 heterocycles. The lowest BCUT2D eigenvalue weighted by Gasteiger charge is -2.28. The molecule has 7 heteroatoms. The summed E-state index contributed by atoms with van der Waals surface area (Å²) in [5.41, 5.74) is 2.57. The summed E-state index contributed by atoms with van der Waals surface area (Å²) < 4.78 is 10.5. The van der Waals surface area contributed by atoms with Crippen molar-refractivity contribution in [1.29, 1.82) is 0 Å². The summed E-state index contributed by atoms with van der Waals surface area (Å²) >= 11 is 0. The van der Waals surface area contributed by atoms with Crippen molar-refractivity contribution in [1.82, 2.24) is 9.97 Å². The maximum atomic E-state index is 5.47. The van der Waals surface area contributed by atoms with Gasteiger partial charge in [0, 0.05) is 32.4 Å². The Hall–Kier alpha value is -1.44. The van der Waals surface area contributed by atoms with Crippen molar-refractivity contribution in [3.8, 4) is 0 Å². The first-order valence-corrected chi connectivity index (χ1v) is 6.80. The summed E-state index contributed by atoms with van der Waals surface area (Å²) in [5, 5.41) is 0. The van der Waals surface area contributed by atoms with Gasteiger partial charge in [-0.2, -0.15) is 0 Å². The van der Waals surface area contributed by atoms with Crippen molar-refractivity contribution >= 4 is 11.6 Å². The fraction of sp³-hybridized carbons (Fsp3) is 0.692. The number of methoxy groups -OCH3 is 1. The van der Waals surface area contributed by atoms with Gasteiger partial charge in [0.1, 0.15) is 18.2 Å². The van der Waals surface area contributed by atoms with Gasteiger partial charge in [-0.15, -0.1) is 0 Å². The van der Waals surface area contributed by atoms with E-state index in [-0.39, 0.29) is 0 Å². The molecule has 0 saturated carbocycles. The third-order valence-electron chi connectivity index (χ3n) is 2.80. The van der Waals surface area contributed by atoms with Crippen molar-refractivity contribution in [2.45, 2.75) is 33.4 Å². The van der Waals surface area contributed by atoms with Crippen LogP contribution in [0.4, 0.5) is 11.6 Å². The number of nitrogens with zero attached hydrogens (tertiary/aromatic N) is 3. The number of hydrogen-bond donors (Lipinski definition) is 2. The fourth-order valence-electron chi connectivity index (χ4n) is 1.79. The Bertz CT molecular complexity index is 400. The molecule has 0 fully saturated rings. The van der Waals surface area contributed by atoms with Gasteiger partial charge in [0.25, 0.3) is 0 Å². The van der Waals surface area contributed by atoms with E-state index in [0.717, 1.165) is 12.4 Å². The monoisotopic (exact) mass is 283 g/mol. The molecule has 0 bridgehead atoms. The van der Waals surface area contributed by atoms with E-state index in [1.165, 1.54) is 0 Å². The van der Waals surface area contributed by atoms with E-state index in [2.05, 4.69) is 34.1 Å². The summed E-state index contributed by atoms with van der Waals surface area (Å²) in [6.07, 6.45) is 0. The van der Waals surface area contributed by atoms with E-state index >= 15 is 0 Å². The Morgan fingerprint density at radius 3 is 2.70 bits per heavy atom. The van der Waals surface area contributed by atoms with E-state index in [9.17, 15) is 0 Å². The van der Waals surface area contributed by atoms with Gasteiger partial charge in [0.2, 0.25) is 0 Å². The van der Waals surface area contributed by atoms with Gasteiger partial charge in [0.15, 0.2) is 5.82 Å². The lowest BCUT2D eigenvalue weighted by molar-refractivity contribution is 0.128. The molecule has 0 radical (unpaired) electrons. The molecule has 0 aliphatic rings. The van der Waals surface area contributed by atoms with Crippen LogP contribution >= 0.6 is 0 Å². The Kier molecular flexibility index (Phi) is 7.21. The third-order valence-corrected chi connectivity index (χ3v) is 2.80. The molecule has 0 amide bonds. The van der Waals surface area contributed by atoms with Crippen molar-refractivity contribution in [3.05, 3.63) is 11.9 Å². The number of nitrogens with one attached hydrogen (secondary N) is 1. The second kappa shape index (κ2) is 8.68. The average Bonchev–Trinajstić information content (AvgIpc) is 2.45. The molecule has 1 aromatic rings. The number of rotatable bonds is 9. The number of aromatic nitrogens is 2. The van der Waals surface area contributed by atoms with Crippen LogP contribution in [0.2, 0.25) is 0 Å². The average molecular weight is 283 g/mol. The molecule has 3 N–H and O–H groups in total. The minimum Gasteiger partial charge on any atom is -0.383 e. The molecule has 114 valence electrons. The number of nitrogen functional groups attached to an aromatic ring is 1. The Morgan fingerprint density at radius 1 is 1.40 bits per heavy atom. The van der Waals surface area contributed by atoms with Crippen LogP contribution in [0, 0.1) is 0 Å². The Balaban J connectivity index is 2.99. The largest absolute Gasteiger partial charge is 0.383 e. The highest BCUT2D eigenvalue weighted by Gasteiger charge is 2.14. The molecule has 20 heavy (non-hydrogen) atoms. The van der Waals surface area contributed by atoms with Crippen molar-refractivity contribution in [2.24, 2.45) is 5.84 Å². The zero-order valence-corrected chi connectivity index (χ0v) is 12.7. The highest BCUT2D eigenvalue weighted by Crippen LogP contribution is 2.18. The molecule has 1 aromatic heterocycles. The predicted molar refractivity (Wildman–Crippen MR) is 79.5 cm³/mol. The van der Waals surface area contributed by atoms with E-state index in [1.54, 1.807) is 7.11 Å². The fourth-order valence-corrected chi connectivity index (χ4v) is 1.79. The minimum absolute atomic E-state index is 0.297. The predicted octanol–water partition coefficient (Wildman–Crippen LogP) is 1.16. The molecule has 0 saturated heterocycles. The van der Waals surface area contributed by atoms with Gasteiger partial charge >= 0.3 is 0 Å². The second-order valence-corrected chi connectivity index (χ2v) is 4.59. The second-order valence-electron chi connectivity index (χ2n) is 4.59. The Morgan fingerprint density at radius 2 is 2.15 bits per heavy atom. The number of anilines is 2. The summed E-state index contributed by atoms with van der Waals surface area (Å²) in [6, 6.07) is 2.12. The van der Waals surface area contributed by atoms with Crippen LogP contribution in [0.3, 0.4) is 0 Å². The summed E-state index contributed by atoms with van der Waals surface area (Å²) in [4.78, 5) is 11.0. The SMILES string of the molecule is CCOCc1nc(NN)cc(N(CCOC)C(C)C)n1. The smallest absolute Gasteiger partial charge is 0.158 e. The van der Waals surface area contributed by atoms with Gasteiger partial charge in [0.05, 0.1) is 6.61 Å². The molecule has 0 aliphatic carbocycles. The zero-order valence-electron chi connectivity index (χ0n) is 12.7. The van der Waals surface area contributed by atoms with Crippen LogP contribution < -0.4 is 16.2 Å². The maximum Gasteiger partial charge on any atom is 0.158 e. The lowest BCUT2D eigenvalue weighted by Crippen LogP contribution is -2.35. The molecule has 1 rings (SSSR count). The van der Waals surface area contributed by atoms with Gasteiger partial charge < -0.3 is 19.8 Å². The lowest BCUT2D eigenvalue weighted by atomic mass is 10.3. The first kappa shape index (κ1) is 16.6. The van der Waals surface area contributed by atoms with Crippen molar-refractivity contribution in [3.63, 3.8) is 0 Å². The van der Waals surface area contributed by atoms with Crippen LogP contribution in [0.25, 0.3) is 0 Å². The van der Waals surface area contributed by atoms with Crippen LogP contribution in [-0.2, 0) is 16.1 Å². The van der Waals surface area contributed by atoms with Gasteiger partial charge in [-0.1, -0.05) is 0 Å². The molecule has 0 unspecified atom stereocenters. The van der Waals surface area contributed by atoms with Crippen molar-refractivity contribution < 1.29 is 9.47 Å². The quantitative estimate of drug-likeness (QED) is 0.519. The van der Waals surface area contributed by atoms with E-state index in [4.69, 9.17) is 15.3 Å². The number of nitrogens with two attached hydrogens (primary N) is 1.